The van der Waals surface area contributed by atoms with Crippen LogP contribution < -0.4 is 15.5 Å². The van der Waals surface area contributed by atoms with Crippen molar-refractivity contribution in [3.63, 3.8) is 0 Å². The fourth-order valence-electron chi connectivity index (χ4n) is 3.70. The number of halogens is 1. The molecular formula is C24H22FN3O3. The van der Waals surface area contributed by atoms with Crippen LogP contribution in [0.4, 0.5) is 15.8 Å². The molecule has 3 aromatic rings. The number of rotatable bonds is 4. The number of amides is 2. The summed E-state index contributed by atoms with van der Waals surface area (Å²) in [6, 6.07) is 17.1. The molecule has 2 amide bonds. The highest BCUT2D eigenvalue weighted by molar-refractivity contribution is 5.96. The van der Waals surface area contributed by atoms with Gasteiger partial charge in [-0.1, -0.05) is 36.4 Å². The van der Waals surface area contributed by atoms with Gasteiger partial charge in [-0.25, -0.2) is 4.39 Å². The van der Waals surface area contributed by atoms with Crippen LogP contribution in [-0.2, 0) is 9.59 Å². The van der Waals surface area contributed by atoms with Gasteiger partial charge in [0.05, 0.1) is 12.2 Å². The number of para-hydroxylation sites is 1. The molecule has 0 atom stereocenters. The second-order valence-corrected chi connectivity index (χ2v) is 7.35. The quantitative estimate of drug-likeness (QED) is 0.602. The van der Waals surface area contributed by atoms with Crippen molar-refractivity contribution in [2.24, 2.45) is 0 Å². The highest BCUT2D eigenvalue weighted by Crippen LogP contribution is 2.39. The van der Waals surface area contributed by atoms with E-state index in [4.69, 9.17) is 0 Å². The predicted molar refractivity (Wildman–Crippen MR) is 118 cm³/mol. The SMILES string of the molecule is CC(=O)Nc1ccc(-c2cccc(-c3cccc(N4CCNCC4=O)c3)c2O)cc1F. The molecule has 31 heavy (non-hydrogen) atoms. The molecule has 1 heterocycles. The van der Waals surface area contributed by atoms with Crippen LogP contribution in [0.3, 0.4) is 0 Å². The van der Waals surface area contributed by atoms with E-state index >= 15 is 0 Å². The molecule has 6 nitrogen and oxygen atoms in total. The van der Waals surface area contributed by atoms with Crippen LogP contribution in [0.15, 0.2) is 60.7 Å². The fourth-order valence-corrected chi connectivity index (χ4v) is 3.70. The highest BCUT2D eigenvalue weighted by atomic mass is 19.1. The van der Waals surface area contributed by atoms with E-state index in [1.54, 1.807) is 29.2 Å². The molecule has 7 heteroatoms. The minimum absolute atomic E-state index is 0.00360. The van der Waals surface area contributed by atoms with Crippen LogP contribution in [0.2, 0.25) is 0 Å². The maximum atomic E-state index is 14.4. The third-order valence-corrected chi connectivity index (χ3v) is 5.19. The average Bonchev–Trinajstić information content (AvgIpc) is 2.75. The van der Waals surface area contributed by atoms with E-state index in [-0.39, 0.29) is 23.3 Å². The second kappa shape index (κ2) is 8.57. The molecule has 3 N–H and O–H groups in total. The van der Waals surface area contributed by atoms with Gasteiger partial charge in [-0.2, -0.15) is 0 Å². The number of benzene rings is 3. The first kappa shape index (κ1) is 20.6. The Bertz CT molecular complexity index is 1160. The molecule has 0 spiro atoms. The van der Waals surface area contributed by atoms with E-state index in [0.717, 1.165) is 17.8 Å². The van der Waals surface area contributed by atoms with Crippen molar-refractivity contribution in [1.29, 1.82) is 0 Å². The van der Waals surface area contributed by atoms with Gasteiger partial charge in [0.2, 0.25) is 11.8 Å². The number of hydrogen-bond donors (Lipinski definition) is 3. The van der Waals surface area contributed by atoms with Crippen LogP contribution in [0.5, 0.6) is 5.75 Å². The van der Waals surface area contributed by atoms with Gasteiger partial charge in [0.15, 0.2) is 0 Å². The van der Waals surface area contributed by atoms with E-state index in [9.17, 15) is 19.1 Å². The van der Waals surface area contributed by atoms with Crippen LogP contribution in [0, 0.1) is 5.82 Å². The number of carbonyl (C=O) groups excluding carboxylic acids is 2. The lowest BCUT2D eigenvalue weighted by Crippen LogP contribution is -2.48. The number of aromatic hydroxyl groups is 1. The van der Waals surface area contributed by atoms with Crippen molar-refractivity contribution in [3.8, 4) is 28.0 Å². The molecule has 1 aliphatic heterocycles. The Morgan fingerprint density at radius 1 is 1.06 bits per heavy atom. The molecule has 1 aliphatic rings. The number of piperazine rings is 1. The summed E-state index contributed by atoms with van der Waals surface area (Å²) < 4.78 is 14.4. The monoisotopic (exact) mass is 419 g/mol. The molecule has 3 aromatic carbocycles. The Balaban J connectivity index is 1.70. The first-order valence-electron chi connectivity index (χ1n) is 9.95. The van der Waals surface area contributed by atoms with Crippen molar-refractivity contribution >= 4 is 23.2 Å². The molecule has 0 radical (unpaired) electrons. The van der Waals surface area contributed by atoms with Crippen LogP contribution >= 0.6 is 0 Å². The number of phenols is 1. The maximum Gasteiger partial charge on any atom is 0.240 e. The summed E-state index contributed by atoms with van der Waals surface area (Å²) in [5, 5.41) is 16.5. The first-order chi connectivity index (χ1) is 14.9. The van der Waals surface area contributed by atoms with Gasteiger partial charge in [0.25, 0.3) is 0 Å². The summed E-state index contributed by atoms with van der Waals surface area (Å²) in [6.07, 6.45) is 0. The summed E-state index contributed by atoms with van der Waals surface area (Å²) in [6.45, 7) is 2.90. The topological polar surface area (TPSA) is 81.7 Å². The van der Waals surface area contributed by atoms with Crippen molar-refractivity contribution in [1.82, 2.24) is 5.32 Å². The first-order valence-corrected chi connectivity index (χ1v) is 9.95. The van der Waals surface area contributed by atoms with E-state index in [1.165, 1.54) is 19.1 Å². The second-order valence-electron chi connectivity index (χ2n) is 7.35. The minimum atomic E-state index is -0.586. The van der Waals surface area contributed by atoms with Gasteiger partial charge in [-0.3, -0.25) is 9.59 Å². The van der Waals surface area contributed by atoms with E-state index < -0.39 is 5.82 Å². The molecule has 0 saturated carbocycles. The molecule has 0 aliphatic carbocycles. The average molecular weight is 419 g/mol. The van der Waals surface area contributed by atoms with Crippen LogP contribution in [0.25, 0.3) is 22.3 Å². The maximum absolute atomic E-state index is 14.4. The summed E-state index contributed by atoms with van der Waals surface area (Å²) >= 11 is 0. The van der Waals surface area contributed by atoms with Gasteiger partial charge in [-0.05, 0) is 35.4 Å². The number of phenolic OH excluding ortho intramolecular Hbond substituents is 1. The van der Waals surface area contributed by atoms with Gasteiger partial charge in [0, 0.05) is 36.8 Å². The zero-order valence-corrected chi connectivity index (χ0v) is 17.0. The third kappa shape index (κ3) is 4.27. The number of nitrogens with zero attached hydrogens (tertiary/aromatic N) is 1. The van der Waals surface area contributed by atoms with Gasteiger partial charge >= 0.3 is 0 Å². The van der Waals surface area contributed by atoms with Crippen LogP contribution in [-0.4, -0.2) is 36.6 Å². The minimum Gasteiger partial charge on any atom is -0.507 e. The lowest BCUT2D eigenvalue weighted by molar-refractivity contribution is -0.118. The fraction of sp³-hybridized carbons (Fsp3) is 0.167. The van der Waals surface area contributed by atoms with Gasteiger partial charge in [0.1, 0.15) is 11.6 Å². The Kier molecular flexibility index (Phi) is 5.68. The molecule has 0 aromatic heterocycles. The van der Waals surface area contributed by atoms with Crippen molar-refractivity contribution in [2.45, 2.75) is 6.92 Å². The van der Waals surface area contributed by atoms with Crippen molar-refractivity contribution < 1.29 is 19.1 Å². The number of nitrogens with one attached hydrogen (secondary N) is 2. The molecular weight excluding hydrogens is 397 g/mol. The van der Waals surface area contributed by atoms with Crippen LogP contribution in [0.1, 0.15) is 6.92 Å². The largest absolute Gasteiger partial charge is 0.507 e. The van der Waals surface area contributed by atoms with E-state index in [1.807, 2.05) is 24.3 Å². The smallest absolute Gasteiger partial charge is 0.240 e. The number of carbonyl (C=O) groups is 2. The molecule has 158 valence electrons. The normalized spacial score (nSPS) is 13.9. The highest BCUT2D eigenvalue weighted by Gasteiger charge is 2.20. The zero-order chi connectivity index (χ0) is 22.0. The summed E-state index contributed by atoms with van der Waals surface area (Å²) in [4.78, 5) is 25.1. The summed E-state index contributed by atoms with van der Waals surface area (Å²) in [7, 11) is 0. The van der Waals surface area contributed by atoms with Crippen molar-refractivity contribution in [3.05, 3.63) is 66.5 Å². The van der Waals surface area contributed by atoms with Gasteiger partial charge in [-0.15, -0.1) is 0 Å². The van der Waals surface area contributed by atoms with E-state index in [0.29, 0.717) is 29.8 Å². The number of anilines is 2. The van der Waals surface area contributed by atoms with E-state index in [2.05, 4.69) is 10.6 Å². The lowest BCUT2D eigenvalue weighted by atomic mass is 9.96. The predicted octanol–water partition coefficient (Wildman–Crippen LogP) is 3.76. The zero-order valence-electron chi connectivity index (χ0n) is 17.0. The third-order valence-electron chi connectivity index (χ3n) is 5.19. The Morgan fingerprint density at radius 3 is 2.45 bits per heavy atom. The molecule has 4 rings (SSSR count). The lowest BCUT2D eigenvalue weighted by Gasteiger charge is -2.27. The Morgan fingerprint density at radius 2 is 1.77 bits per heavy atom. The molecule has 1 saturated heterocycles. The molecule has 1 fully saturated rings. The summed E-state index contributed by atoms with van der Waals surface area (Å²) in [5.41, 5.74) is 3.13. The number of hydrogen-bond acceptors (Lipinski definition) is 4. The Hall–Kier alpha value is -3.71. The summed E-state index contributed by atoms with van der Waals surface area (Å²) in [5.74, 6) is -0.940. The Labute approximate surface area is 179 Å². The standard InChI is InChI=1S/C24H22FN3O3/c1-15(29)27-22-9-8-17(13-21(22)25)20-7-3-6-19(24(20)31)16-4-2-5-18(12-16)28-11-10-26-14-23(28)30/h2-9,12-13,26,31H,10-11,14H2,1H3,(H,27,29). The molecule has 0 unspecified atom stereocenters. The van der Waals surface area contributed by atoms with Crippen molar-refractivity contribution in [2.75, 3.05) is 29.9 Å². The molecule has 0 bridgehead atoms. The van der Waals surface area contributed by atoms with Gasteiger partial charge < -0.3 is 20.6 Å².